The van der Waals surface area contributed by atoms with Crippen molar-refractivity contribution in [1.82, 2.24) is 0 Å². The number of nitriles is 1. The van der Waals surface area contributed by atoms with Gasteiger partial charge in [0.2, 0.25) is 0 Å². The average molecular weight is 490 g/mol. The average Bonchev–Trinajstić information content (AvgIpc) is 2.82. The summed E-state index contributed by atoms with van der Waals surface area (Å²) in [5, 5.41) is 9.26. The summed E-state index contributed by atoms with van der Waals surface area (Å²) in [7, 11) is 0. The number of hydrogen-bond acceptors (Lipinski definition) is 5. The number of ether oxygens (including phenoxy) is 2. The maximum absolute atomic E-state index is 14.0. The number of rotatable bonds is 1. The molecule has 0 amide bonds. The Morgan fingerprint density at radius 1 is 1.09 bits per heavy atom. The van der Waals surface area contributed by atoms with Gasteiger partial charge in [-0.05, 0) is 49.7 Å². The van der Waals surface area contributed by atoms with Crippen LogP contribution in [0.3, 0.4) is 0 Å². The van der Waals surface area contributed by atoms with E-state index in [2.05, 4.69) is 6.07 Å². The van der Waals surface area contributed by atoms with Crippen molar-refractivity contribution in [2.24, 2.45) is 5.92 Å². The first kappa shape index (κ1) is 26.9. The molecule has 1 saturated heterocycles. The first-order valence-corrected chi connectivity index (χ1v) is 11.0. The van der Waals surface area contributed by atoms with Gasteiger partial charge in [0.1, 0.15) is 5.82 Å². The number of hydrogen-bond donors (Lipinski definition) is 1. The van der Waals surface area contributed by atoms with Gasteiger partial charge in [-0.3, -0.25) is 0 Å². The molecule has 180 valence electrons. The zero-order valence-corrected chi connectivity index (χ0v) is 19.1. The second-order valence-corrected chi connectivity index (χ2v) is 7.92. The predicted octanol–water partition coefficient (Wildman–Crippen LogP) is 7.06. The van der Waals surface area contributed by atoms with Gasteiger partial charge < -0.3 is 14.0 Å². The van der Waals surface area contributed by atoms with Crippen molar-refractivity contribution in [3.05, 3.63) is 59.2 Å². The van der Waals surface area contributed by atoms with E-state index >= 15 is 0 Å². The lowest BCUT2D eigenvalue weighted by Crippen LogP contribution is -2.49. The monoisotopic (exact) mass is 489 g/mol. The highest BCUT2D eigenvalue weighted by Crippen LogP contribution is 2.48. The highest BCUT2D eigenvalue weighted by molar-refractivity contribution is 7.93. The molecule has 2 heterocycles. The maximum Gasteiger partial charge on any atom is 0.416 e. The number of nitrogens with zero attached hydrogens (tertiary/aromatic N) is 1. The van der Waals surface area contributed by atoms with Crippen molar-refractivity contribution < 1.29 is 36.0 Å². The smallest absolute Gasteiger partial charge is 0.416 e. The van der Waals surface area contributed by atoms with Gasteiger partial charge in [-0.2, -0.15) is 18.4 Å². The highest BCUT2D eigenvalue weighted by Gasteiger charge is 2.49. The number of alkyl halides is 3. The lowest BCUT2D eigenvalue weighted by atomic mass is 9.72. The molecular weight excluding hydrogens is 465 g/mol. The summed E-state index contributed by atoms with van der Waals surface area (Å²) in [5.41, 5.74) is -1.47. The fraction of sp³-hybridized carbons (Fsp3) is 0.435. The standard InChI is InChI=1S/C14H13F2NO2.C7H5F3OS.C2H6/c1-14(7-17)9-6-18-13-11(16)3-2-10(15)12(13)8(9)4-5-19-14;8-7(9,10)5-1-3-6(12-11)4-2-5;1-2/h2-3,8-9H,4-6H2,1H3;1-4,11H;1-2H3/t8?,9?,14-;;/m0../s1. The van der Waals surface area contributed by atoms with Gasteiger partial charge in [0.25, 0.3) is 0 Å². The summed E-state index contributed by atoms with van der Waals surface area (Å²) in [5.74, 6) is -1.57. The molecule has 2 aromatic rings. The van der Waals surface area contributed by atoms with Crippen LogP contribution in [-0.4, -0.2) is 23.4 Å². The van der Waals surface area contributed by atoms with Crippen molar-refractivity contribution in [3.63, 3.8) is 0 Å². The molecule has 2 unspecified atom stereocenters. The van der Waals surface area contributed by atoms with Crippen molar-refractivity contribution in [2.45, 2.75) is 49.8 Å². The second kappa shape index (κ2) is 11.2. The molecule has 0 aromatic heterocycles. The van der Waals surface area contributed by atoms with Crippen LogP contribution < -0.4 is 4.74 Å². The van der Waals surface area contributed by atoms with E-state index in [0.29, 0.717) is 30.0 Å². The van der Waals surface area contributed by atoms with E-state index in [1.165, 1.54) is 12.1 Å². The van der Waals surface area contributed by atoms with Crippen LogP contribution in [0.25, 0.3) is 0 Å². The number of fused-ring (bicyclic) bond motifs is 3. The molecule has 0 aliphatic carbocycles. The highest BCUT2D eigenvalue weighted by atomic mass is 32.2. The van der Waals surface area contributed by atoms with Gasteiger partial charge in [0, 0.05) is 40.9 Å². The van der Waals surface area contributed by atoms with Gasteiger partial charge in [0.05, 0.1) is 18.2 Å². The van der Waals surface area contributed by atoms with Crippen LogP contribution in [0.15, 0.2) is 41.3 Å². The Balaban J connectivity index is 0.000000238. The second-order valence-electron chi connectivity index (χ2n) is 7.27. The Morgan fingerprint density at radius 3 is 2.24 bits per heavy atom. The number of benzene rings is 2. The van der Waals surface area contributed by atoms with E-state index < -0.39 is 29.0 Å². The summed E-state index contributed by atoms with van der Waals surface area (Å²) in [6, 6.07) is 8.59. The van der Waals surface area contributed by atoms with Crippen molar-refractivity contribution >= 4 is 12.0 Å². The third kappa shape index (κ3) is 5.96. The summed E-state index contributed by atoms with van der Waals surface area (Å²) in [4.78, 5) is 0.392. The fourth-order valence-corrected chi connectivity index (χ4v) is 4.00. The molecule has 0 bridgehead atoms. The molecule has 4 nitrogen and oxygen atoms in total. The first-order chi connectivity index (χ1) is 15.6. The third-order valence-electron chi connectivity index (χ3n) is 5.41. The van der Waals surface area contributed by atoms with E-state index in [1.807, 2.05) is 13.8 Å². The zero-order valence-electron chi connectivity index (χ0n) is 18.2. The van der Waals surface area contributed by atoms with E-state index in [9.17, 15) is 27.2 Å². The Labute approximate surface area is 193 Å². The Morgan fingerprint density at radius 2 is 1.70 bits per heavy atom. The van der Waals surface area contributed by atoms with Gasteiger partial charge in [-0.25, -0.2) is 8.78 Å². The summed E-state index contributed by atoms with van der Waals surface area (Å²) < 4.78 is 82.9. The first-order valence-electron chi connectivity index (χ1n) is 10.3. The summed E-state index contributed by atoms with van der Waals surface area (Å²) in [6.07, 6.45) is -3.74. The fourth-order valence-electron chi connectivity index (χ4n) is 3.74. The molecule has 0 spiro atoms. The molecule has 10 heteroatoms. The Bertz CT molecular complexity index is 978. The van der Waals surface area contributed by atoms with Gasteiger partial charge >= 0.3 is 6.18 Å². The lowest BCUT2D eigenvalue weighted by Gasteiger charge is -2.44. The Kier molecular flexibility index (Phi) is 9.12. The zero-order chi connectivity index (χ0) is 24.8. The molecule has 33 heavy (non-hydrogen) atoms. The van der Waals surface area contributed by atoms with Crippen molar-refractivity contribution in [1.29, 1.82) is 5.26 Å². The molecule has 2 aromatic carbocycles. The van der Waals surface area contributed by atoms with E-state index in [1.54, 1.807) is 6.92 Å². The topological polar surface area (TPSA) is 62.5 Å². The van der Waals surface area contributed by atoms with Gasteiger partial charge in [-0.15, -0.1) is 0 Å². The molecule has 2 aliphatic rings. The quantitative estimate of drug-likeness (QED) is 0.343. The molecule has 1 N–H and O–H groups in total. The minimum atomic E-state index is -4.31. The summed E-state index contributed by atoms with van der Waals surface area (Å²) >= 11 is 0.421. The third-order valence-corrected chi connectivity index (χ3v) is 5.89. The van der Waals surface area contributed by atoms with E-state index in [-0.39, 0.29) is 29.8 Å². The normalized spacial score (nSPS) is 23.3. The molecule has 0 saturated carbocycles. The molecule has 3 atom stereocenters. The van der Waals surface area contributed by atoms with Crippen LogP contribution in [0.5, 0.6) is 5.75 Å². The lowest BCUT2D eigenvalue weighted by molar-refractivity contribution is -0.137. The van der Waals surface area contributed by atoms with Crippen LogP contribution in [-0.2, 0) is 10.9 Å². The van der Waals surface area contributed by atoms with E-state index in [4.69, 9.17) is 14.0 Å². The van der Waals surface area contributed by atoms with Crippen molar-refractivity contribution in [2.75, 3.05) is 13.2 Å². The summed E-state index contributed by atoms with van der Waals surface area (Å²) in [6.45, 7) is 6.21. The molecule has 0 radical (unpaired) electrons. The molecule has 1 fully saturated rings. The Hall–Kier alpha value is -2.35. The van der Waals surface area contributed by atoms with Crippen LogP contribution in [0, 0.1) is 28.9 Å². The largest absolute Gasteiger partial charge is 0.490 e. The minimum absolute atomic E-state index is 0.0107. The van der Waals surface area contributed by atoms with Crippen LogP contribution >= 0.6 is 12.0 Å². The van der Waals surface area contributed by atoms with Crippen LogP contribution in [0.2, 0.25) is 0 Å². The molecule has 4 rings (SSSR count). The SMILES string of the molecule is CC.C[C@@]1(C#N)OCCC2c3c(F)ccc(F)c3OCC21.OSc1ccc(C(F)(F)F)cc1. The minimum Gasteiger partial charge on any atom is -0.490 e. The predicted molar refractivity (Wildman–Crippen MR) is 114 cm³/mol. The maximum atomic E-state index is 14.0. The van der Waals surface area contributed by atoms with Gasteiger partial charge in [0.15, 0.2) is 17.2 Å². The van der Waals surface area contributed by atoms with Crippen LogP contribution in [0.1, 0.15) is 44.2 Å². The van der Waals surface area contributed by atoms with Crippen LogP contribution in [0.4, 0.5) is 22.0 Å². The molecular formula is C23H24F5NO3S. The van der Waals surface area contributed by atoms with Gasteiger partial charge in [-0.1, -0.05) is 13.8 Å². The number of halogens is 5. The molecule has 2 aliphatic heterocycles. The van der Waals surface area contributed by atoms with E-state index in [0.717, 1.165) is 24.3 Å². The van der Waals surface area contributed by atoms with Crippen molar-refractivity contribution in [3.8, 4) is 11.8 Å².